The Labute approximate surface area is 313 Å². The van der Waals surface area contributed by atoms with Crippen LogP contribution in [0.15, 0.2) is 63.2 Å². The van der Waals surface area contributed by atoms with Gasteiger partial charge in [-0.05, 0) is 39.3 Å². The largest absolute Gasteiger partial charge is 0.480 e. The molecule has 0 spiro atoms. The Morgan fingerprint density at radius 2 is 1.47 bits per heavy atom. The molecule has 0 saturated heterocycles. The van der Waals surface area contributed by atoms with Crippen LogP contribution in [0.3, 0.4) is 0 Å². The van der Waals surface area contributed by atoms with Gasteiger partial charge in [-0.25, -0.2) is 19.2 Å². The average Bonchev–Trinajstić information content (AvgIpc) is 3.09. The van der Waals surface area contributed by atoms with Gasteiger partial charge in [0.2, 0.25) is 17.7 Å². The number of ether oxygens (including phenoxy) is 2. The highest BCUT2D eigenvalue weighted by Gasteiger charge is 2.22. The number of carboxylic acids is 1. The number of amides is 5. The molecule has 2 heterocycles. The molecule has 0 aliphatic rings. The van der Waals surface area contributed by atoms with E-state index in [1.165, 1.54) is 25.4 Å². The van der Waals surface area contributed by atoms with Crippen LogP contribution in [0.2, 0.25) is 0 Å². The Balaban J connectivity index is 1.60. The fourth-order valence-corrected chi connectivity index (χ4v) is 4.62. The van der Waals surface area contributed by atoms with Crippen molar-refractivity contribution in [1.82, 2.24) is 39.5 Å². The van der Waals surface area contributed by atoms with Crippen molar-refractivity contribution in [2.75, 3.05) is 44.6 Å². The molecule has 0 saturated carbocycles. The molecule has 5 N–H and O–H groups in total. The van der Waals surface area contributed by atoms with Gasteiger partial charge in [0.25, 0.3) is 5.56 Å². The summed E-state index contributed by atoms with van der Waals surface area (Å²) in [5.74, 6) is -3.78. The van der Waals surface area contributed by atoms with Gasteiger partial charge < -0.3 is 35.0 Å². The van der Waals surface area contributed by atoms with E-state index in [0.29, 0.717) is 0 Å². The van der Waals surface area contributed by atoms with Gasteiger partial charge in [0.1, 0.15) is 37.7 Å². The van der Waals surface area contributed by atoms with E-state index in [1.54, 1.807) is 51.1 Å². The van der Waals surface area contributed by atoms with E-state index in [2.05, 4.69) is 25.9 Å². The van der Waals surface area contributed by atoms with Crippen molar-refractivity contribution in [3.63, 3.8) is 0 Å². The molecule has 21 nitrogen and oxygen atoms in total. The summed E-state index contributed by atoms with van der Waals surface area (Å²) in [5, 5.41) is 16.7. The maximum absolute atomic E-state index is 13.2. The van der Waals surface area contributed by atoms with Crippen LogP contribution < -0.4 is 32.9 Å². The van der Waals surface area contributed by atoms with Gasteiger partial charge >= 0.3 is 29.5 Å². The molecule has 21 heteroatoms. The Morgan fingerprint density at radius 3 is 2.09 bits per heavy atom. The quantitative estimate of drug-likeness (QED) is 0.113. The van der Waals surface area contributed by atoms with Gasteiger partial charge in [-0.15, -0.1) is 0 Å². The van der Waals surface area contributed by atoms with E-state index in [1.807, 2.05) is 0 Å². The number of aryl methyl sites for hydroxylation is 1. The molecular weight excluding hydrogens is 726 g/mol. The molecule has 55 heavy (non-hydrogen) atoms. The highest BCUT2D eigenvalue weighted by Crippen LogP contribution is 2.07. The zero-order valence-electron chi connectivity index (χ0n) is 30.7. The second-order valence-electron chi connectivity index (χ2n) is 12.9. The summed E-state index contributed by atoms with van der Waals surface area (Å²) in [6, 6.07) is 10.1. The summed E-state index contributed by atoms with van der Waals surface area (Å²) in [6.07, 6.45) is 0.713. The number of hydrogen-bond donors (Lipinski definition) is 5. The van der Waals surface area contributed by atoms with Crippen molar-refractivity contribution >= 4 is 41.7 Å². The minimum atomic E-state index is -1.37. The van der Waals surface area contributed by atoms with Gasteiger partial charge in [0, 0.05) is 44.1 Å². The van der Waals surface area contributed by atoms with E-state index < -0.39 is 84.6 Å². The van der Waals surface area contributed by atoms with E-state index in [4.69, 9.17) is 9.47 Å². The molecule has 0 bridgehead atoms. The number of carbonyl (C=O) groups is 6. The first-order valence-corrected chi connectivity index (χ1v) is 16.8. The van der Waals surface area contributed by atoms with Crippen molar-refractivity contribution in [2.45, 2.75) is 53.0 Å². The molecule has 5 amide bonds. The fourth-order valence-electron chi connectivity index (χ4n) is 4.62. The number of nitrogens with one attached hydrogen (secondary N) is 4. The molecule has 296 valence electrons. The van der Waals surface area contributed by atoms with Crippen LogP contribution >= 0.6 is 0 Å². The predicted molar refractivity (Wildman–Crippen MR) is 193 cm³/mol. The van der Waals surface area contributed by atoms with Crippen LogP contribution in [-0.2, 0) is 48.3 Å². The lowest BCUT2D eigenvalue weighted by molar-refractivity contribution is -0.144. The van der Waals surface area contributed by atoms with E-state index in [0.717, 1.165) is 24.5 Å². The van der Waals surface area contributed by atoms with Crippen LogP contribution in [0.4, 0.5) is 15.4 Å². The van der Waals surface area contributed by atoms with E-state index in [9.17, 15) is 48.3 Å². The van der Waals surface area contributed by atoms with Gasteiger partial charge in [-0.3, -0.25) is 43.4 Å². The third kappa shape index (κ3) is 15.0. The number of alkyl carbamates (subject to hydrolysis) is 1. The lowest BCUT2D eigenvalue weighted by atomic mass is 10.2. The second-order valence-corrected chi connectivity index (χ2v) is 12.9. The van der Waals surface area contributed by atoms with E-state index in [-0.39, 0.29) is 44.2 Å². The Hall–Kier alpha value is -6.80. The summed E-state index contributed by atoms with van der Waals surface area (Å²) in [4.78, 5) is 119. The smallest absolute Gasteiger partial charge is 0.413 e. The molecule has 0 radical (unpaired) electrons. The number of aliphatic carboxylic acids is 1. The number of anilines is 1. The summed E-state index contributed by atoms with van der Waals surface area (Å²) in [7, 11) is 0. The number of H-pyrrole nitrogens is 1. The third-order valence-electron chi connectivity index (χ3n) is 7.24. The van der Waals surface area contributed by atoms with Gasteiger partial charge in [0.05, 0.1) is 6.54 Å². The Bertz CT molecular complexity index is 2040. The van der Waals surface area contributed by atoms with Crippen molar-refractivity contribution in [3.8, 4) is 0 Å². The average molecular weight is 770 g/mol. The fraction of sp³-hybridized carbons (Fsp3) is 0.412. The molecule has 0 aliphatic heterocycles. The minimum Gasteiger partial charge on any atom is -0.480 e. The Kier molecular flexibility index (Phi) is 15.4. The van der Waals surface area contributed by atoms with Gasteiger partial charge in [-0.1, -0.05) is 30.3 Å². The molecule has 2 aromatic heterocycles. The lowest BCUT2D eigenvalue weighted by Crippen LogP contribution is -2.48. The standard InChI is InChI=1S/C34H43N9O12/c1-22-16-43(31(51)39-29(22)49)19-27(46)40(15-12-36-32(52)55-34(2,3)4)17-25(44)35-11-14-41(20-28(47)48)26(45)18-42-13-10-24(37-30(42)50)38-33(53)54-21-23-8-6-5-7-9-23/h5-10,13,16H,11-12,14-15,17-21H2,1-4H3,(H,35,44)(H,36,52)(H,47,48)(H,39,49,51)(H,37,38,50,53). The molecule has 1 aromatic carbocycles. The zero-order chi connectivity index (χ0) is 40.7. The highest BCUT2D eigenvalue weighted by molar-refractivity contribution is 5.85. The summed E-state index contributed by atoms with van der Waals surface area (Å²) in [6.45, 7) is 2.94. The SMILES string of the molecule is Cc1cn(CC(=O)N(CCNC(=O)OC(C)(C)C)CC(=O)NCCN(CC(=O)O)C(=O)Cn2ccc(NC(=O)OCc3ccccc3)nc2=O)c(=O)[nH]c1=O. The van der Waals surface area contributed by atoms with Crippen LogP contribution in [0.5, 0.6) is 0 Å². The van der Waals surface area contributed by atoms with Crippen LogP contribution in [-0.4, -0.2) is 115 Å². The predicted octanol–water partition coefficient (Wildman–Crippen LogP) is -0.767. The van der Waals surface area contributed by atoms with Crippen LogP contribution in [0.1, 0.15) is 31.9 Å². The monoisotopic (exact) mass is 769 g/mol. The maximum Gasteiger partial charge on any atom is 0.413 e. The topological polar surface area (TPSA) is 273 Å². The number of aromatic nitrogens is 4. The summed E-state index contributed by atoms with van der Waals surface area (Å²) >= 11 is 0. The Morgan fingerprint density at radius 1 is 0.855 bits per heavy atom. The molecule has 3 rings (SSSR count). The maximum atomic E-state index is 13.2. The number of nitrogens with zero attached hydrogens (tertiary/aromatic N) is 5. The molecular formula is C34H43N9O12. The first-order chi connectivity index (χ1) is 25.9. The van der Waals surface area contributed by atoms with Crippen molar-refractivity contribution in [2.24, 2.45) is 0 Å². The normalized spacial score (nSPS) is 10.8. The minimum absolute atomic E-state index is 0.0255. The molecule has 0 atom stereocenters. The molecule has 0 fully saturated rings. The number of benzene rings is 1. The number of carbonyl (C=O) groups excluding carboxylic acids is 5. The molecule has 0 unspecified atom stereocenters. The number of rotatable bonds is 17. The van der Waals surface area contributed by atoms with Gasteiger partial charge in [0.15, 0.2) is 0 Å². The van der Waals surface area contributed by atoms with Gasteiger partial charge in [-0.2, -0.15) is 4.98 Å². The molecule has 0 aliphatic carbocycles. The first kappa shape index (κ1) is 42.6. The third-order valence-corrected chi connectivity index (χ3v) is 7.24. The first-order valence-electron chi connectivity index (χ1n) is 16.8. The second kappa shape index (κ2) is 19.9. The van der Waals surface area contributed by atoms with Crippen molar-refractivity contribution in [3.05, 3.63) is 91.2 Å². The van der Waals surface area contributed by atoms with Crippen molar-refractivity contribution in [1.29, 1.82) is 0 Å². The van der Waals surface area contributed by atoms with Crippen LogP contribution in [0, 0.1) is 6.92 Å². The number of carboxylic acid groups (broad SMARTS) is 1. The number of hydrogen-bond acceptors (Lipinski definition) is 12. The zero-order valence-corrected chi connectivity index (χ0v) is 30.7. The van der Waals surface area contributed by atoms with Crippen molar-refractivity contribution < 1.29 is 43.3 Å². The van der Waals surface area contributed by atoms with E-state index >= 15 is 0 Å². The van der Waals surface area contributed by atoms with Crippen LogP contribution in [0.25, 0.3) is 0 Å². The highest BCUT2D eigenvalue weighted by atomic mass is 16.6. The summed E-state index contributed by atoms with van der Waals surface area (Å²) < 4.78 is 12.1. The summed E-state index contributed by atoms with van der Waals surface area (Å²) in [5.41, 5.74) is -2.31. The number of aromatic amines is 1. The lowest BCUT2D eigenvalue weighted by Gasteiger charge is -2.25. The molecule has 3 aromatic rings.